The Hall–Kier alpha value is -0.930. The summed E-state index contributed by atoms with van der Waals surface area (Å²) in [4.78, 5) is 0. The first-order valence-electron chi connectivity index (χ1n) is 10.1. The Labute approximate surface area is 153 Å². The van der Waals surface area contributed by atoms with Crippen LogP contribution in [0.5, 0.6) is 0 Å². The molecule has 1 aliphatic heterocycles. The first kappa shape index (κ1) is 20.4. The Morgan fingerprint density at radius 2 is 2.00 bits per heavy atom. The highest BCUT2D eigenvalue weighted by molar-refractivity contribution is 5.15. The van der Waals surface area contributed by atoms with Crippen LogP contribution in [0.3, 0.4) is 0 Å². The zero-order valence-corrected chi connectivity index (χ0v) is 16.6. The molecule has 0 amide bonds. The highest BCUT2D eigenvalue weighted by Crippen LogP contribution is 2.46. The lowest BCUT2D eigenvalue weighted by Crippen LogP contribution is -2.83. The van der Waals surface area contributed by atoms with Gasteiger partial charge in [-0.1, -0.05) is 45.4 Å². The molecular weight excluding hydrogens is 313 g/mol. The fourth-order valence-corrected chi connectivity index (χ4v) is 4.15. The van der Waals surface area contributed by atoms with Gasteiger partial charge in [-0.15, -0.1) is 0 Å². The van der Waals surface area contributed by atoms with Crippen molar-refractivity contribution >= 4 is 0 Å². The molecule has 1 heterocycles. The van der Waals surface area contributed by atoms with Crippen LogP contribution in [-0.4, -0.2) is 18.8 Å². The van der Waals surface area contributed by atoms with E-state index in [0.717, 1.165) is 44.0 Å². The third kappa shape index (κ3) is 6.07. The molecule has 3 heteroatoms. The molecule has 1 fully saturated rings. The topological polar surface area (TPSA) is 25.8 Å². The average molecular weight is 351 g/mol. The van der Waals surface area contributed by atoms with Crippen LogP contribution in [0, 0.1) is 17.2 Å². The third-order valence-corrected chi connectivity index (χ3v) is 6.03. The van der Waals surface area contributed by atoms with Crippen LogP contribution in [0.4, 0.5) is 4.39 Å². The van der Waals surface area contributed by atoms with E-state index in [0.29, 0.717) is 5.41 Å². The van der Waals surface area contributed by atoms with Crippen LogP contribution in [0.1, 0.15) is 71.8 Å². The molecule has 1 aliphatic rings. The molecule has 142 valence electrons. The van der Waals surface area contributed by atoms with Crippen molar-refractivity contribution in [2.75, 3.05) is 13.2 Å². The van der Waals surface area contributed by atoms with E-state index in [1.54, 1.807) is 12.1 Å². The number of hydrogen-bond acceptors (Lipinski definition) is 1. The molecule has 0 bridgehead atoms. The molecule has 2 atom stereocenters. The van der Waals surface area contributed by atoms with Crippen LogP contribution in [0.2, 0.25) is 0 Å². The number of halogens is 1. The second kappa shape index (κ2) is 9.14. The largest absolute Gasteiger partial charge is 0.375 e. The molecule has 0 aliphatic carbocycles. The number of quaternary nitrogens is 1. The van der Waals surface area contributed by atoms with E-state index < -0.39 is 0 Å². The van der Waals surface area contributed by atoms with Crippen LogP contribution in [0.25, 0.3) is 0 Å². The molecule has 2 N–H and O–H groups in total. The summed E-state index contributed by atoms with van der Waals surface area (Å²) in [6.07, 6.45) is 7.19. The highest BCUT2D eigenvalue weighted by atomic mass is 19.1. The Morgan fingerprint density at radius 1 is 1.24 bits per heavy atom. The number of benzene rings is 1. The van der Waals surface area contributed by atoms with E-state index in [2.05, 4.69) is 33.0 Å². The van der Waals surface area contributed by atoms with Gasteiger partial charge >= 0.3 is 0 Å². The van der Waals surface area contributed by atoms with Crippen molar-refractivity contribution in [3.8, 4) is 0 Å². The fourth-order valence-electron chi connectivity index (χ4n) is 4.15. The molecule has 0 unspecified atom stereocenters. The maximum Gasteiger partial charge on any atom is 0.132 e. The van der Waals surface area contributed by atoms with Gasteiger partial charge in [0.2, 0.25) is 0 Å². The van der Waals surface area contributed by atoms with Crippen LogP contribution in [-0.2, 0) is 11.3 Å². The van der Waals surface area contributed by atoms with Crippen LogP contribution < -0.4 is 5.32 Å². The molecular formula is C22H37FNO+. The molecule has 0 aromatic heterocycles. The van der Waals surface area contributed by atoms with Gasteiger partial charge in [0.1, 0.15) is 12.4 Å². The monoisotopic (exact) mass is 350 g/mol. The lowest BCUT2D eigenvalue weighted by atomic mass is 9.67. The summed E-state index contributed by atoms with van der Waals surface area (Å²) in [5, 5.41) is 2.27. The minimum absolute atomic E-state index is 0.0285. The number of ether oxygens (including phenoxy) is 1. The Morgan fingerprint density at radius 3 is 2.68 bits per heavy atom. The fraction of sp³-hybridized carbons (Fsp3) is 0.727. The van der Waals surface area contributed by atoms with Gasteiger partial charge in [-0.3, -0.25) is 0 Å². The van der Waals surface area contributed by atoms with E-state index >= 15 is 0 Å². The van der Waals surface area contributed by atoms with E-state index in [9.17, 15) is 4.39 Å². The standard InChI is InChI=1S/C22H36FNO/c1-5-21(4)17-22(13-15-25-21,11-10-18(2)3)12-14-24-16-19-8-6-7-9-20(19)23/h6-9,18,24H,5,10-17H2,1-4H3/p+1/t21-,22+/m0/s1. The summed E-state index contributed by atoms with van der Waals surface area (Å²) in [7, 11) is 0. The van der Waals surface area contributed by atoms with Crippen molar-refractivity contribution in [1.82, 2.24) is 0 Å². The second-order valence-corrected chi connectivity index (χ2v) is 8.63. The number of rotatable bonds is 9. The van der Waals surface area contributed by atoms with Crippen LogP contribution >= 0.6 is 0 Å². The Bertz CT molecular complexity index is 533. The second-order valence-electron chi connectivity index (χ2n) is 8.63. The molecule has 2 nitrogen and oxygen atoms in total. The third-order valence-electron chi connectivity index (χ3n) is 6.03. The molecule has 0 spiro atoms. The molecule has 0 radical (unpaired) electrons. The molecule has 1 saturated heterocycles. The first-order valence-corrected chi connectivity index (χ1v) is 10.1. The van der Waals surface area contributed by atoms with Gasteiger partial charge < -0.3 is 10.1 Å². The number of nitrogens with two attached hydrogens (primary N) is 1. The first-order chi connectivity index (χ1) is 11.9. The summed E-state index contributed by atoms with van der Waals surface area (Å²) < 4.78 is 19.9. The quantitative estimate of drug-likeness (QED) is 0.643. The van der Waals surface area contributed by atoms with Crippen molar-refractivity contribution in [3.63, 3.8) is 0 Å². The predicted molar refractivity (Wildman–Crippen MR) is 102 cm³/mol. The van der Waals surface area contributed by atoms with E-state index in [-0.39, 0.29) is 11.4 Å². The summed E-state index contributed by atoms with van der Waals surface area (Å²) >= 11 is 0. The molecule has 25 heavy (non-hydrogen) atoms. The van der Waals surface area contributed by atoms with E-state index in [1.807, 2.05) is 12.1 Å². The van der Waals surface area contributed by atoms with Gasteiger partial charge in [-0.25, -0.2) is 4.39 Å². The summed E-state index contributed by atoms with van der Waals surface area (Å²) in [5.74, 6) is 0.660. The van der Waals surface area contributed by atoms with Crippen molar-refractivity contribution < 1.29 is 14.4 Å². The smallest absolute Gasteiger partial charge is 0.132 e. The van der Waals surface area contributed by atoms with Crippen LogP contribution in [0.15, 0.2) is 24.3 Å². The van der Waals surface area contributed by atoms with Gasteiger partial charge in [0.05, 0.1) is 12.1 Å². The highest BCUT2D eigenvalue weighted by Gasteiger charge is 2.42. The Balaban J connectivity index is 1.93. The predicted octanol–water partition coefficient (Wildman–Crippen LogP) is 4.68. The van der Waals surface area contributed by atoms with Gasteiger partial charge in [0, 0.05) is 18.6 Å². The van der Waals surface area contributed by atoms with Crippen molar-refractivity contribution in [3.05, 3.63) is 35.6 Å². The summed E-state index contributed by atoms with van der Waals surface area (Å²) in [5.41, 5.74) is 1.23. The zero-order valence-electron chi connectivity index (χ0n) is 16.6. The van der Waals surface area contributed by atoms with Gasteiger partial charge in [-0.2, -0.15) is 0 Å². The minimum Gasteiger partial charge on any atom is -0.375 e. The van der Waals surface area contributed by atoms with Crippen molar-refractivity contribution in [1.29, 1.82) is 0 Å². The molecule has 1 aromatic rings. The lowest BCUT2D eigenvalue weighted by molar-refractivity contribution is -0.672. The average Bonchev–Trinajstić information content (AvgIpc) is 2.59. The Kier molecular flexibility index (Phi) is 7.45. The summed E-state index contributed by atoms with van der Waals surface area (Å²) in [6.45, 7) is 11.8. The maximum absolute atomic E-state index is 13.8. The zero-order chi connectivity index (χ0) is 18.3. The molecule has 1 aromatic carbocycles. The van der Waals surface area contributed by atoms with Crippen molar-refractivity contribution in [2.45, 2.75) is 78.4 Å². The normalized spacial score (nSPS) is 27.0. The SMILES string of the molecule is CC[C@@]1(C)C[C@@](CC[NH2+]Cc2ccccc2F)(CCC(C)C)CCO1. The van der Waals surface area contributed by atoms with Gasteiger partial charge in [0.15, 0.2) is 0 Å². The van der Waals surface area contributed by atoms with E-state index in [4.69, 9.17) is 4.74 Å². The van der Waals surface area contributed by atoms with Gasteiger partial charge in [0.25, 0.3) is 0 Å². The summed E-state index contributed by atoms with van der Waals surface area (Å²) in [6, 6.07) is 7.12. The lowest BCUT2D eigenvalue weighted by Gasteiger charge is -2.46. The minimum atomic E-state index is -0.0853. The molecule has 2 rings (SSSR count). The van der Waals surface area contributed by atoms with E-state index in [1.165, 1.54) is 25.7 Å². The van der Waals surface area contributed by atoms with Gasteiger partial charge in [-0.05, 0) is 50.0 Å². The van der Waals surface area contributed by atoms with Crippen molar-refractivity contribution in [2.24, 2.45) is 11.3 Å². The molecule has 0 saturated carbocycles. The number of hydrogen-bond donors (Lipinski definition) is 1. The maximum atomic E-state index is 13.8.